The van der Waals surface area contributed by atoms with Gasteiger partial charge in [0.1, 0.15) is 0 Å². The molecular formula is C15H17NO2. The standard InChI is InChI=1S/C15H17NO2/c1-10-4-5-11(2)13(8-10)14-7-6-12(9-17)15(18)16(14)3/h4-8,17H,9H2,1-3H3. The van der Waals surface area contributed by atoms with Gasteiger partial charge in [-0.05, 0) is 37.6 Å². The van der Waals surface area contributed by atoms with E-state index in [0.717, 1.165) is 22.4 Å². The largest absolute Gasteiger partial charge is 0.391 e. The molecule has 3 nitrogen and oxygen atoms in total. The predicted molar refractivity (Wildman–Crippen MR) is 72.5 cm³/mol. The van der Waals surface area contributed by atoms with Crippen molar-refractivity contribution in [2.45, 2.75) is 20.5 Å². The Morgan fingerprint density at radius 1 is 1.17 bits per heavy atom. The predicted octanol–water partition coefficient (Wildman–Crippen LogP) is 2.16. The van der Waals surface area contributed by atoms with Crippen LogP contribution in [0.25, 0.3) is 11.3 Å². The first kappa shape index (κ1) is 12.6. The van der Waals surface area contributed by atoms with Crippen molar-refractivity contribution in [1.29, 1.82) is 0 Å². The number of rotatable bonds is 2. The maximum atomic E-state index is 12.0. The summed E-state index contributed by atoms with van der Waals surface area (Å²) in [4.78, 5) is 12.0. The van der Waals surface area contributed by atoms with Crippen LogP contribution in [0.5, 0.6) is 0 Å². The molecule has 0 radical (unpaired) electrons. The summed E-state index contributed by atoms with van der Waals surface area (Å²) in [6.07, 6.45) is 0. The molecule has 18 heavy (non-hydrogen) atoms. The molecule has 0 bridgehead atoms. The molecule has 2 rings (SSSR count). The number of hydrogen-bond donors (Lipinski definition) is 1. The number of aliphatic hydroxyl groups is 1. The zero-order valence-corrected chi connectivity index (χ0v) is 10.9. The first-order chi connectivity index (χ1) is 8.54. The third-order valence-electron chi connectivity index (χ3n) is 3.22. The smallest absolute Gasteiger partial charge is 0.256 e. The van der Waals surface area contributed by atoms with E-state index >= 15 is 0 Å². The topological polar surface area (TPSA) is 42.2 Å². The van der Waals surface area contributed by atoms with Crippen molar-refractivity contribution in [3.63, 3.8) is 0 Å². The van der Waals surface area contributed by atoms with Crippen molar-refractivity contribution in [1.82, 2.24) is 4.57 Å². The van der Waals surface area contributed by atoms with Gasteiger partial charge in [-0.2, -0.15) is 0 Å². The van der Waals surface area contributed by atoms with Crippen LogP contribution in [0.1, 0.15) is 16.7 Å². The SMILES string of the molecule is Cc1ccc(C)c(-c2ccc(CO)c(=O)n2C)c1. The number of aromatic nitrogens is 1. The Morgan fingerprint density at radius 3 is 2.56 bits per heavy atom. The molecule has 0 fully saturated rings. The summed E-state index contributed by atoms with van der Waals surface area (Å²) < 4.78 is 1.59. The lowest BCUT2D eigenvalue weighted by Gasteiger charge is -2.12. The average Bonchev–Trinajstić information content (AvgIpc) is 2.36. The van der Waals surface area contributed by atoms with E-state index in [-0.39, 0.29) is 12.2 Å². The van der Waals surface area contributed by atoms with Gasteiger partial charge in [-0.3, -0.25) is 4.79 Å². The quantitative estimate of drug-likeness (QED) is 0.878. The Kier molecular flexibility index (Phi) is 3.34. The number of aliphatic hydroxyl groups excluding tert-OH is 1. The van der Waals surface area contributed by atoms with Crippen LogP contribution in [0, 0.1) is 13.8 Å². The Balaban J connectivity index is 2.69. The van der Waals surface area contributed by atoms with Crippen LogP contribution in [0.15, 0.2) is 35.1 Å². The van der Waals surface area contributed by atoms with Gasteiger partial charge in [-0.1, -0.05) is 17.7 Å². The van der Waals surface area contributed by atoms with Gasteiger partial charge in [0, 0.05) is 18.2 Å². The lowest BCUT2D eigenvalue weighted by atomic mass is 10.0. The molecule has 2 aromatic rings. The molecule has 0 aliphatic rings. The minimum atomic E-state index is -0.222. The number of aryl methyl sites for hydroxylation is 2. The first-order valence-electron chi connectivity index (χ1n) is 5.92. The Hall–Kier alpha value is -1.87. The van der Waals surface area contributed by atoms with Crippen molar-refractivity contribution >= 4 is 0 Å². The highest BCUT2D eigenvalue weighted by atomic mass is 16.3. The summed E-state index contributed by atoms with van der Waals surface area (Å²) in [5.74, 6) is 0. The van der Waals surface area contributed by atoms with E-state index in [0.29, 0.717) is 5.56 Å². The summed E-state index contributed by atoms with van der Waals surface area (Å²) in [7, 11) is 1.73. The van der Waals surface area contributed by atoms with Gasteiger partial charge in [0.2, 0.25) is 0 Å². The minimum absolute atomic E-state index is 0.143. The van der Waals surface area contributed by atoms with Crippen LogP contribution in [0.3, 0.4) is 0 Å². The van der Waals surface area contributed by atoms with E-state index in [4.69, 9.17) is 5.11 Å². The molecule has 0 aliphatic carbocycles. The van der Waals surface area contributed by atoms with Gasteiger partial charge in [-0.15, -0.1) is 0 Å². The van der Waals surface area contributed by atoms with Crippen LogP contribution in [-0.4, -0.2) is 9.67 Å². The summed E-state index contributed by atoms with van der Waals surface area (Å²) >= 11 is 0. The lowest BCUT2D eigenvalue weighted by molar-refractivity contribution is 0.279. The van der Waals surface area contributed by atoms with Crippen molar-refractivity contribution in [2.24, 2.45) is 7.05 Å². The van der Waals surface area contributed by atoms with E-state index in [1.807, 2.05) is 19.9 Å². The molecule has 0 amide bonds. The Bertz CT molecular complexity index is 641. The summed E-state index contributed by atoms with van der Waals surface area (Å²) in [5, 5.41) is 9.09. The zero-order chi connectivity index (χ0) is 13.3. The molecule has 1 aromatic heterocycles. The Morgan fingerprint density at radius 2 is 1.89 bits per heavy atom. The number of benzene rings is 1. The van der Waals surface area contributed by atoms with E-state index in [1.165, 1.54) is 0 Å². The van der Waals surface area contributed by atoms with E-state index < -0.39 is 0 Å². The summed E-state index contributed by atoms with van der Waals surface area (Å²) in [5.41, 5.74) is 4.50. The number of nitrogens with zero attached hydrogens (tertiary/aromatic N) is 1. The Labute approximate surface area is 106 Å². The normalized spacial score (nSPS) is 10.7. The van der Waals surface area contributed by atoms with Crippen molar-refractivity contribution in [3.05, 3.63) is 57.4 Å². The highest BCUT2D eigenvalue weighted by molar-refractivity contribution is 5.65. The van der Waals surface area contributed by atoms with Crippen molar-refractivity contribution in [3.8, 4) is 11.3 Å². The maximum Gasteiger partial charge on any atom is 0.256 e. The third-order valence-corrected chi connectivity index (χ3v) is 3.22. The molecule has 0 spiro atoms. The highest BCUT2D eigenvalue weighted by Gasteiger charge is 2.09. The molecule has 0 saturated carbocycles. The molecule has 0 unspecified atom stereocenters. The fourth-order valence-electron chi connectivity index (χ4n) is 2.09. The number of pyridine rings is 1. The summed E-state index contributed by atoms with van der Waals surface area (Å²) in [6, 6.07) is 9.75. The van der Waals surface area contributed by atoms with E-state index in [9.17, 15) is 4.79 Å². The van der Waals surface area contributed by atoms with Gasteiger partial charge in [0.25, 0.3) is 5.56 Å². The monoisotopic (exact) mass is 243 g/mol. The fraction of sp³-hybridized carbons (Fsp3) is 0.267. The van der Waals surface area contributed by atoms with Crippen LogP contribution in [0.2, 0.25) is 0 Å². The van der Waals surface area contributed by atoms with Gasteiger partial charge in [-0.25, -0.2) is 0 Å². The molecule has 1 heterocycles. The molecule has 94 valence electrons. The van der Waals surface area contributed by atoms with E-state index in [2.05, 4.69) is 18.2 Å². The van der Waals surface area contributed by atoms with Gasteiger partial charge in [0.05, 0.1) is 12.3 Å². The molecular weight excluding hydrogens is 226 g/mol. The maximum absolute atomic E-state index is 12.0. The summed E-state index contributed by atoms with van der Waals surface area (Å²) in [6.45, 7) is 3.84. The lowest BCUT2D eigenvalue weighted by Crippen LogP contribution is -2.22. The molecule has 3 heteroatoms. The van der Waals surface area contributed by atoms with Gasteiger partial charge in [0.15, 0.2) is 0 Å². The molecule has 1 aromatic carbocycles. The minimum Gasteiger partial charge on any atom is -0.391 e. The van der Waals surface area contributed by atoms with Crippen molar-refractivity contribution < 1.29 is 5.11 Å². The van der Waals surface area contributed by atoms with Crippen LogP contribution < -0.4 is 5.56 Å². The van der Waals surface area contributed by atoms with Crippen LogP contribution in [0.4, 0.5) is 0 Å². The van der Waals surface area contributed by atoms with E-state index in [1.54, 1.807) is 17.7 Å². The second-order valence-electron chi connectivity index (χ2n) is 4.58. The third kappa shape index (κ3) is 2.09. The highest BCUT2D eigenvalue weighted by Crippen LogP contribution is 2.23. The van der Waals surface area contributed by atoms with Crippen molar-refractivity contribution in [2.75, 3.05) is 0 Å². The van der Waals surface area contributed by atoms with Gasteiger partial charge >= 0.3 is 0 Å². The first-order valence-corrected chi connectivity index (χ1v) is 5.92. The average molecular weight is 243 g/mol. The molecule has 0 atom stereocenters. The fourth-order valence-corrected chi connectivity index (χ4v) is 2.09. The van der Waals surface area contributed by atoms with Gasteiger partial charge < -0.3 is 9.67 Å². The van der Waals surface area contributed by atoms with Crippen LogP contribution in [-0.2, 0) is 13.7 Å². The molecule has 0 saturated heterocycles. The second-order valence-corrected chi connectivity index (χ2v) is 4.58. The second kappa shape index (κ2) is 4.78. The number of hydrogen-bond acceptors (Lipinski definition) is 2. The molecule has 1 N–H and O–H groups in total. The zero-order valence-electron chi connectivity index (χ0n) is 10.9. The van der Waals surface area contributed by atoms with Crippen LogP contribution >= 0.6 is 0 Å². The molecule has 0 aliphatic heterocycles.